The molecule has 0 aromatic heterocycles. The number of hydrogen-bond donors (Lipinski definition) is 2. The molecule has 0 amide bonds. The van der Waals surface area contributed by atoms with E-state index in [1.54, 1.807) is 14.2 Å². The maximum atomic E-state index is 9.55. The molecular formula is C17H21NO3. The molecule has 0 aliphatic rings. The zero-order valence-corrected chi connectivity index (χ0v) is 12.4. The van der Waals surface area contributed by atoms with Crippen LogP contribution in [-0.4, -0.2) is 25.9 Å². The van der Waals surface area contributed by atoms with Crippen molar-refractivity contribution in [2.75, 3.05) is 20.8 Å². The average Bonchev–Trinajstić information content (AvgIpc) is 2.56. The van der Waals surface area contributed by atoms with Crippen LogP contribution in [0.2, 0.25) is 0 Å². The summed E-state index contributed by atoms with van der Waals surface area (Å²) in [6.45, 7) is 0.665. The number of ether oxygens (including phenoxy) is 2. The molecule has 0 spiro atoms. The molecule has 0 bridgehead atoms. The van der Waals surface area contributed by atoms with Crippen LogP contribution in [0, 0.1) is 0 Å². The van der Waals surface area contributed by atoms with Crippen molar-refractivity contribution in [2.45, 2.75) is 12.6 Å². The van der Waals surface area contributed by atoms with Gasteiger partial charge in [0.15, 0.2) is 0 Å². The van der Waals surface area contributed by atoms with Crippen LogP contribution in [-0.2, 0) is 6.54 Å². The zero-order chi connectivity index (χ0) is 15.1. The summed E-state index contributed by atoms with van der Waals surface area (Å²) >= 11 is 0. The summed E-state index contributed by atoms with van der Waals surface area (Å²) in [6.07, 6.45) is 0. The molecule has 0 saturated carbocycles. The Bertz CT molecular complexity index is 535. The lowest BCUT2D eigenvalue weighted by Gasteiger charge is -2.17. The third-order valence-corrected chi connectivity index (χ3v) is 3.35. The number of rotatable bonds is 7. The van der Waals surface area contributed by atoms with Crippen LogP contribution in [0.1, 0.15) is 17.2 Å². The van der Waals surface area contributed by atoms with Crippen molar-refractivity contribution < 1.29 is 14.6 Å². The SMILES string of the molecule is COc1cc(CNC(CO)c2ccccc2)cc(OC)c1. The Morgan fingerprint density at radius 1 is 1.00 bits per heavy atom. The Hall–Kier alpha value is -2.04. The first-order chi connectivity index (χ1) is 10.3. The molecule has 0 saturated heterocycles. The fourth-order valence-corrected chi connectivity index (χ4v) is 2.18. The van der Waals surface area contributed by atoms with Crippen molar-refractivity contribution in [1.82, 2.24) is 5.32 Å². The van der Waals surface area contributed by atoms with Crippen LogP contribution in [0.4, 0.5) is 0 Å². The van der Waals surface area contributed by atoms with Crippen LogP contribution in [0.5, 0.6) is 11.5 Å². The van der Waals surface area contributed by atoms with Gasteiger partial charge in [-0.1, -0.05) is 30.3 Å². The van der Waals surface area contributed by atoms with E-state index in [0.29, 0.717) is 6.54 Å². The molecule has 1 atom stereocenters. The lowest BCUT2D eigenvalue weighted by molar-refractivity contribution is 0.243. The summed E-state index contributed by atoms with van der Waals surface area (Å²) in [4.78, 5) is 0. The molecule has 21 heavy (non-hydrogen) atoms. The summed E-state index contributed by atoms with van der Waals surface area (Å²) in [7, 11) is 3.26. The van der Waals surface area contributed by atoms with Gasteiger partial charge in [0, 0.05) is 12.6 Å². The quantitative estimate of drug-likeness (QED) is 0.821. The van der Waals surface area contributed by atoms with Gasteiger partial charge in [-0.25, -0.2) is 0 Å². The van der Waals surface area contributed by atoms with Gasteiger partial charge < -0.3 is 19.9 Å². The van der Waals surface area contributed by atoms with Gasteiger partial charge in [0.25, 0.3) is 0 Å². The van der Waals surface area contributed by atoms with E-state index in [4.69, 9.17) is 9.47 Å². The summed E-state index contributed by atoms with van der Waals surface area (Å²) in [5, 5.41) is 12.9. The van der Waals surface area contributed by atoms with Crippen LogP contribution in [0.25, 0.3) is 0 Å². The average molecular weight is 287 g/mol. The maximum absolute atomic E-state index is 9.55. The number of aliphatic hydroxyl groups is 1. The number of nitrogens with one attached hydrogen (secondary N) is 1. The monoisotopic (exact) mass is 287 g/mol. The molecule has 0 radical (unpaired) electrons. The number of methoxy groups -OCH3 is 2. The highest BCUT2D eigenvalue weighted by Gasteiger charge is 2.10. The molecule has 2 rings (SSSR count). The predicted octanol–water partition coefficient (Wildman–Crippen LogP) is 2.53. The van der Waals surface area contributed by atoms with Gasteiger partial charge in [-0.3, -0.25) is 0 Å². The van der Waals surface area contributed by atoms with Crippen molar-refractivity contribution in [3.63, 3.8) is 0 Å². The maximum Gasteiger partial charge on any atom is 0.122 e. The standard InChI is InChI=1S/C17H21NO3/c1-20-15-8-13(9-16(10-15)21-2)11-18-17(12-19)14-6-4-3-5-7-14/h3-10,17-19H,11-12H2,1-2H3. The van der Waals surface area contributed by atoms with Crippen LogP contribution in [0.15, 0.2) is 48.5 Å². The molecular weight excluding hydrogens is 266 g/mol. The van der Waals surface area contributed by atoms with Crippen molar-refractivity contribution >= 4 is 0 Å². The smallest absolute Gasteiger partial charge is 0.122 e. The molecule has 0 aliphatic carbocycles. The lowest BCUT2D eigenvalue weighted by Crippen LogP contribution is -2.23. The van der Waals surface area contributed by atoms with Crippen LogP contribution in [0.3, 0.4) is 0 Å². The Labute approximate surface area is 125 Å². The van der Waals surface area contributed by atoms with Gasteiger partial charge in [-0.05, 0) is 23.3 Å². The van der Waals surface area contributed by atoms with E-state index >= 15 is 0 Å². The molecule has 2 aromatic rings. The van der Waals surface area contributed by atoms with Crippen molar-refractivity contribution in [3.05, 3.63) is 59.7 Å². The summed E-state index contributed by atoms with van der Waals surface area (Å²) < 4.78 is 10.5. The molecule has 4 heteroatoms. The Balaban J connectivity index is 2.07. The highest BCUT2D eigenvalue weighted by molar-refractivity contribution is 5.38. The van der Waals surface area contributed by atoms with E-state index in [-0.39, 0.29) is 12.6 Å². The second kappa shape index (κ2) is 7.67. The molecule has 1 unspecified atom stereocenters. The summed E-state index contributed by atoms with van der Waals surface area (Å²) in [5.41, 5.74) is 2.11. The normalized spacial score (nSPS) is 12.0. The van der Waals surface area contributed by atoms with Gasteiger partial charge in [0.2, 0.25) is 0 Å². The van der Waals surface area contributed by atoms with E-state index < -0.39 is 0 Å². The molecule has 0 heterocycles. The molecule has 2 aromatic carbocycles. The first kappa shape index (κ1) is 15.4. The van der Waals surface area contributed by atoms with Crippen molar-refractivity contribution in [1.29, 1.82) is 0 Å². The first-order valence-corrected chi connectivity index (χ1v) is 6.88. The van der Waals surface area contributed by atoms with Crippen molar-refractivity contribution in [3.8, 4) is 11.5 Å². The number of hydrogen-bond acceptors (Lipinski definition) is 4. The van der Waals surface area contributed by atoms with Crippen molar-refractivity contribution in [2.24, 2.45) is 0 Å². The Morgan fingerprint density at radius 3 is 2.14 bits per heavy atom. The van der Waals surface area contributed by atoms with Gasteiger partial charge >= 0.3 is 0 Å². The van der Waals surface area contributed by atoms with Gasteiger partial charge in [-0.2, -0.15) is 0 Å². The Morgan fingerprint density at radius 2 is 1.62 bits per heavy atom. The van der Waals surface area contributed by atoms with Gasteiger partial charge in [0.05, 0.1) is 26.9 Å². The summed E-state index contributed by atoms with van der Waals surface area (Å²) in [6, 6.07) is 15.5. The minimum atomic E-state index is -0.0941. The second-order valence-electron chi connectivity index (χ2n) is 4.75. The molecule has 0 fully saturated rings. The highest BCUT2D eigenvalue weighted by atomic mass is 16.5. The molecule has 0 aliphatic heterocycles. The predicted molar refractivity (Wildman–Crippen MR) is 82.7 cm³/mol. The van der Waals surface area contributed by atoms with Crippen LogP contribution >= 0.6 is 0 Å². The van der Waals surface area contributed by atoms with E-state index in [9.17, 15) is 5.11 Å². The third-order valence-electron chi connectivity index (χ3n) is 3.35. The van der Waals surface area contributed by atoms with E-state index in [1.807, 2.05) is 48.5 Å². The van der Waals surface area contributed by atoms with Gasteiger partial charge in [0.1, 0.15) is 11.5 Å². The topological polar surface area (TPSA) is 50.7 Å². The van der Waals surface area contributed by atoms with Crippen LogP contribution < -0.4 is 14.8 Å². The third kappa shape index (κ3) is 4.21. The van der Waals surface area contributed by atoms with E-state index in [2.05, 4.69) is 5.32 Å². The highest BCUT2D eigenvalue weighted by Crippen LogP contribution is 2.23. The lowest BCUT2D eigenvalue weighted by atomic mass is 10.1. The largest absolute Gasteiger partial charge is 0.497 e. The molecule has 112 valence electrons. The van der Waals surface area contributed by atoms with Gasteiger partial charge in [-0.15, -0.1) is 0 Å². The van der Waals surface area contributed by atoms with E-state index in [0.717, 1.165) is 22.6 Å². The fraction of sp³-hybridized carbons (Fsp3) is 0.294. The fourth-order valence-electron chi connectivity index (χ4n) is 2.18. The molecule has 4 nitrogen and oxygen atoms in total. The number of aliphatic hydroxyl groups excluding tert-OH is 1. The minimum absolute atomic E-state index is 0.0467. The number of benzene rings is 2. The summed E-state index contributed by atoms with van der Waals surface area (Å²) in [5.74, 6) is 1.51. The molecule has 2 N–H and O–H groups in total. The zero-order valence-electron chi connectivity index (χ0n) is 12.4. The second-order valence-corrected chi connectivity index (χ2v) is 4.75. The minimum Gasteiger partial charge on any atom is -0.497 e. The van der Waals surface area contributed by atoms with E-state index in [1.165, 1.54) is 0 Å². The Kier molecular flexibility index (Phi) is 5.60. The first-order valence-electron chi connectivity index (χ1n) is 6.88.